The van der Waals surface area contributed by atoms with Crippen LogP contribution in [-0.4, -0.2) is 91.1 Å². The number of esters is 1. The van der Waals surface area contributed by atoms with Crippen LogP contribution in [0.4, 0.5) is 4.79 Å². The van der Waals surface area contributed by atoms with Crippen LogP contribution >= 0.6 is 36.4 Å². The molecule has 0 saturated carbocycles. The minimum atomic E-state index is -0.893. The average Bonchev–Trinajstić information content (AvgIpc) is 3.26. The van der Waals surface area contributed by atoms with E-state index in [1.165, 1.54) is 24.1 Å². The number of likely N-dealkylation sites (tertiary alicyclic amines) is 1. The molecule has 11 nitrogen and oxygen atoms in total. The second kappa shape index (κ2) is 16.0. The minimum Gasteiger partial charge on any atom is -0.507 e. The van der Waals surface area contributed by atoms with E-state index in [0.717, 1.165) is 19.4 Å². The predicted octanol–water partition coefficient (Wildman–Crippen LogP) is 4.56. The number of halogens is 3. The molecule has 45 heavy (non-hydrogen) atoms. The van der Waals surface area contributed by atoms with Crippen LogP contribution in [0.15, 0.2) is 45.6 Å². The Morgan fingerprint density at radius 2 is 1.93 bits per heavy atom. The maximum Gasteiger partial charge on any atom is 0.416 e. The van der Waals surface area contributed by atoms with Gasteiger partial charge in [0, 0.05) is 48.3 Å². The monoisotopic (exact) mass is 685 g/mol. The van der Waals surface area contributed by atoms with Crippen LogP contribution in [0.3, 0.4) is 0 Å². The minimum absolute atomic E-state index is 0. The maximum atomic E-state index is 13.8. The Labute approximate surface area is 278 Å². The molecule has 0 aliphatic carbocycles. The second-order valence-corrected chi connectivity index (χ2v) is 11.5. The lowest BCUT2D eigenvalue weighted by atomic mass is 9.85. The fourth-order valence-electron chi connectivity index (χ4n) is 5.93. The average molecular weight is 687 g/mol. The normalized spacial score (nSPS) is 20.3. The van der Waals surface area contributed by atoms with Gasteiger partial charge in [-0.15, -0.1) is 24.8 Å². The molecule has 0 spiro atoms. The zero-order chi connectivity index (χ0) is 30.7. The number of aliphatic hydroxyl groups excluding tert-OH is 1. The number of phenolic OH excluding ortho intramolecular Hbond substituents is 1. The summed E-state index contributed by atoms with van der Waals surface area (Å²) < 4.78 is 17.1. The summed E-state index contributed by atoms with van der Waals surface area (Å²) in [5.74, 6) is -1.56. The molecule has 1 amide bonds. The van der Waals surface area contributed by atoms with Crippen molar-refractivity contribution in [2.45, 2.75) is 43.7 Å². The molecule has 1 unspecified atom stereocenters. The standard InChI is InChI=1S/C31H36ClN3O8.2ClH/c1-34-12-10-20(24(38)16-34)28-26(43-31(40)35(17-27(39)41-2)18-7-5-6-11-33-15-18)14-23(37)29-22(36)13-25(42-30(28)29)19-8-3-4-9-21(19)32;;/h3-4,8-9,13-14,18,20,24,33,37-38H,5-7,10-12,15-17H2,1-2H3;2*1H/t18?,20-,24+;;/m0../s1. The van der Waals surface area contributed by atoms with E-state index in [2.05, 4.69) is 5.32 Å². The number of rotatable bonds is 6. The zero-order valence-corrected chi connectivity index (χ0v) is 27.4. The van der Waals surface area contributed by atoms with Gasteiger partial charge in [-0.2, -0.15) is 0 Å². The molecule has 0 radical (unpaired) electrons. The quantitative estimate of drug-likeness (QED) is 0.316. The Morgan fingerprint density at radius 1 is 1.18 bits per heavy atom. The molecule has 2 fully saturated rings. The first-order valence-electron chi connectivity index (χ1n) is 14.4. The van der Waals surface area contributed by atoms with Crippen molar-refractivity contribution in [2.75, 3.05) is 46.9 Å². The molecule has 3 aromatic rings. The summed E-state index contributed by atoms with van der Waals surface area (Å²) in [4.78, 5) is 42.8. The molecule has 2 aromatic carbocycles. The number of nitrogens with one attached hydrogen (secondary N) is 1. The lowest BCUT2D eigenvalue weighted by molar-refractivity contribution is -0.142. The van der Waals surface area contributed by atoms with E-state index in [0.29, 0.717) is 43.1 Å². The summed E-state index contributed by atoms with van der Waals surface area (Å²) >= 11 is 6.42. The van der Waals surface area contributed by atoms with Crippen molar-refractivity contribution in [3.63, 3.8) is 0 Å². The summed E-state index contributed by atoms with van der Waals surface area (Å²) in [5.41, 5.74) is 0.219. The van der Waals surface area contributed by atoms with Gasteiger partial charge in [0.05, 0.1) is 18.2 Å². The third kappa shape index (κ3) is 8.03. The number of piperidine rings is 1. The smallest absolute Gasteiger partial charge is 0.416 e. The highest BCUT2D eigenvalue weighted by atomic mass is 35.5. The van der Waals surface area contributed by atoms with Crippen molar-refractivity contribution in [3.05, 3.63) is 57.2 Å². The van der Waals surface area contributed by atoms with Gasteiger partial charge in [0.1, 0.15) is 34.8 Å². The SMILES string of the molecule is COC(=O)CN(C(=O)Oc1cc(O)c2c(=O)cc(-c3ccccc3Cl)oc2c1[C@H]1CCN(C)C[C@H]1O)C1CCCCNC1.Cl.Cl. The fraction of sp³-hybridized carbons (Fsp3) is 0.452. The molecule has 5 rings (SSSR count). The lowest BCUT2D eigenvalue weighted by Gasteiger charge is -2.35. The van der Waals surface area contributed by atoms with Crippen molar-refractivity contribution in [3.8, 4) is 22.8 Å². The number of likely N-dealkylation sites (N-methyl/N-ethyl adjacent to an activating group) is 1. The molecule has 14 heteroatoms. The van der Waals surface area contributed by atoms with Crippen molar-refractivity contribution in [1.29, 1.82) is 0 Å². The number of carbonyl (C=O) groups is 2. The summed E-state index contributed by atoms with van der Waals surface area (Å²) in [6.45, 7) is 1.87. The molecule has 0 bridgehead atoms. The fourth-order valence-corrected chi connectivity index (χ4v) is 6.16. The van der Waals surface area contributed by atoms with Crippen LogP contribution in [0.2, 0.25) is 5.02 Å². The van der Waals surface area contributed by atoms with Gasteiger partial charge in [-0.1, -0.05) is 30.2 Å². The van der Waals surface area contributed by atoms with Crippen molar-refractivity contribution >= 4 is 59.4 Å². The van der Waals surface area contributed by atoms with E-state index in [-0.39, 0.29) is 65.4 Å². The Kier molecular flexibility index (Phi) is 12.9. The van der Waals surface area contributed by atoms with Crippen LogP contribution in [0.25, 0.3) is 22.3 Å². The van der Waals surface area contributed by atoms with E-state index < -0.39 is 35.3 Å². The molecule has 1 aromatic heterocycles. The summed E-state index contributed by atoms with van der Waals surface area (Å²) in [6, 6.07) is 8.97. The first-order valence-corrected chi connectivity index (χ1v) is 14.8. The Balaban J connectivity index is 0.00000276. The van der Waals surface area contributed by atoms with E-state index in [4.69, 9.17) is 25.5 Å². The highest BCUT2D eigenvalue weighted by Gasteiger charge is 2.36. The number of amides is 1. The highest BCUT2D eigenvalue weighted by molar-refractivity contribution is 6.33. The number of methoxy groups -OCH3 is 1. The van der Waals surface area contributed by atoms with Crippen LogP contribution in [0, 0.1) is 0 Å². The van der Waals surface area contributed by atoms with E-state index in [9.17, 15) is 24.6 Å². The number of phenols is 1. The zero-order valence-electron chi connectivity index (χ0n) is 25.0. The van der Waals surface area contributed by atoms with Crippen molar-refractivity contribution in [2.24, 2.45) is 0 Å². The Hall–Kier alpha value is -3.06. The molecule has 246 valence electrons. The van der Waals surface area contributed by atoms with Gasteiger partial charge in [-0.25, -0.2) is 4.79 Å². The predicted molar refractivity (Wildman–Crippen MR) is 175 cm³/mol. The number of fused-ring (bicyclic) bond motifs is 1. The van der Waals surface area contributed by atoms with E-state index >= 15 is 0 Å². The molecule has 3 heterocycles. The third-order valence-corrected chi connectivity index (χ3v) is 8.53. The molecule has 2 aliphatic heterocycles. The Morgan fingerprint density at radius 3 is 2.64 bits per heavy atom. The highest BCUT2D eigenvalue weighted by Crippen LogP contribution is 2.44. The topological polar surface area (TPSA) is 142 Å². The van der Waals surface area contributed by atoms with Gasteiger partial charge in [0.15, 0.2) is 5.43 Å². The van der Waals surface area contributed by atoms with Crippen LogP contribution in [0.5, 0.6) is 11.5 Å². The van der Waals surface area contributed by atoms with Crippen molar-refractivity contribution in [1.82, 2.24) is 15.1 Å². The number of nitrogens with zero attached hydrogens (tertiary/aromatic N) is 2. The van der Waals surface area contributed by atoms with E-state index in [1.807, 2.05) is 11.9 Å². The molecule has 3 N–H and O–H groups in total. The molecular weight excluding hydrogens is 649 g/mol. The third-order valence-electron chi connectivity index (χ3n) is 8.20. The van der Waals surface area contributed by atoms with E-state index in [1.54, 1.807) is 24.3 Å². The molecule has 2 aliphatic rings. The van der Waals surface area contributed by atoms with Crippen LogP contribution < -0.4 is 15.5 Å². The van der Waals surface area contributed by atoms with Crippen molar-refractivity contribution < 1.29 is 33.7 Å². The lowest BCUT2D eigenvalue weighted by Crippen LogP contribution is -2.49. The van der Waals surface area contributed by atoms with Gasteiger partial charge in [0.2, 0.25) is 0 Å². The van der Waals surface area contributed by atoms with Gasteiger partial charge >= 0.3 is 12.1 Å². The first kappa shape index (κ1) is 36.4. The number of hydrogen-bond donors (Lipinski definition) is 3. The number of aliphatic hydroxyl groups is 1. The van der Waals surface area contributed by atoms with Gasteiger partial charge in [-0.05, 0) is 51.5 Å². The van der Waals surface area contributed by atoms with Gasteiger partial charge in [0.25, 0.3) is 0 Å². The first-order chi connectivity index (χ1) is 20.7. The van der Waals surface area contributed by atoms with Gasteiger partial charge < -0.3 is 34.3 Å². The number of carbonyl (C=O) groups excluding carboxylic acids is 2. The summed E-state index contributed by atoms with van der Waals surface area (Å²) in [7, 11) is 3.13. The number of aromatic hydroxyl groups is 1. The molecule has 3 atom stereocenters. The van der Waals surface area contributed by atoms with Crippen LogP contribution in [0.1, 0.15) is 37.2 Å². The number of hydrogen-bond acceptors (Lipinski definition) is 10. The maximum absolute atomic E-state index is 13.8. The largest absolute Gasteiger partial charge is 0.507 e. The number of benzene rings is 2. The Bertz CT molecular complexity index is 1560. The van der Waals surface area contributed by atoms with Crippen LogP contribution in [-0.2, 0) is 9.53 Å². The number of β-amino-alcohol motifs (C(OH)–C–C–N with tert-alkyl or cyclic N) is 1. The second-order valence-electron chi connectivity index (χ2n) is 11.1. The molecular formula is C31H38Cl3N3O8. The number of ether oxygens (including phenoxy) is 2. The van der Waals surface area contributed by atoms with Gasteiger partial charge in [-0.3, -0.25) is 14.5 Å². The molecule has 2 saturated heterocycles. The summed E-state index contributed by atoms with van der Waals surface area (Å²) in [6.07, 6.45) is 1.17. The summed E-state index contributed by atoms with van der Waals surface area (Å²) in [5, 5.41) is 25.8.